The lowest BCUT2D eigenvalue weighted by atomic mass is 9.90. The average Bonchev–Trinajstić information content (AvgIpc) is 2.88. The van der Waals surface area contributed by atoms with Crippen LogP contribution >= 0.6 is 0 Å². The molecule has 1 heterocycles. The van der Waals surface area contributed by atoms with Crippen LogP contribution in [0.1, 0.15) is 33.3 Å². The van der Waals surface area contributed by atoms with Crippen molar-refractivity contribution in [2.24, 2.45) is 0 Å². The summed E-state index contributed by atoms with van der Waals surface area (Å²) in [7, 11) is -1.47. The van der Waals surface area contributed by atoms with Gasteiger partial charge in [0.25, 0.3) is 0 Å². The molecule has 0 atom stereocenters. The number of hydrogen-bond acceptors (Lipinski definition) is 7. The number of para-hydroxylation sites is 2. The molecule has 0 unspecified atom stereocenters. The first-order chi connectivity index (χ1) is 18.0. The topological polar surface area (TPSA) is 101 Å². The highest BCUT2D eigenvalue weighted by atomic mass is 16.7. The molecule has 0 aliphatic heterocycles. The molecule has 0 saturated heterocycles. The summed E-state index contributed by atoms with van der Waals surface area (Å²) in [5, 5.41) is 28.3. The summed E-state index contributed by atoms with van der Waals surface area (Å²) in [4.78, 5) is 4.50. The van der Waals surface area contributed by atoms with Gasteiger partial charge in [0.05, 0.1) is 16.9 Å². The first kappa shape index (κ1) is 28.7. The summed E-state index contributed by atoms with van der Waals surface area (Å²) >= 11 is 0. The quantitative estimate of drug-likeness (QED) is 0.261. The maximum Gasteiger partial charge on any atom is 0.786 e. The lowest BCUT2D eigenvalue weighted by Gasteiger charge is -2.31. The normalized spacial score (nSPS) is 11.1. The average molecular weight is 515 g/mol. The minimum atomic E-state index is -1.47. The Morgan fingerprint density at radius 2 is 1.26 bits per heavy atom. The van der Waals surface area contributed by atoms with E-state index in [2.05, 4.69) is 4.98 Å². The van der Waals surface area contributed by atoms with Gasteiger partial charge in [-0.3, -0.25) is 0 Å². The lowest BCUT2D eigenvalue weighted by Crippen LogP contribution is -2.44. The third-order valence-corrected chi connectivity index (χ3v) is 5.82. The monoisotopic (exact) mass is 515 g/mol. The number of hydrogen-bond donors (Lipinski definition) is 3. The SMILES string of the molecule is CC(C)(O)C(C)(C)O.OB(Oc1ccccc1)Oc1cccc(-c2ccccc2OCc2ccccc2)n1. The maximum absolute atomic E-state index is 10.1. The molecule has 0 aliphatic carbocycles. The third-order valence-electron chi connectivity index (χ3n) is 5.82. The van der Waals surface area contributed by atoms with Crippen molar-refractivity contribution in [1.82, 2.24) is 4.98 Å². The summed E-state index contributed by atoms with van der Waals surface area (Å²) < 4.78 is 16.8. The summed E-state index contributed by atoms with van der Waals surface area (Å²) in [6.07, 6.45) is 0. The van der Waals surface area contributed by atoms with Crippen LogP contribution in [-0.2, 0) is 6.61 Å². The van der Waals surface area contributed by atoms with Gasteiger partial charge in [-0.2, -0.15) is 0 Å². The van der Waals surface area contributed by atoms with Crippen LogP contribution < -0.4 is 14.0 Å². The molecule has 0 amide bonds. The number of rotatable bonds is 9. The Morgan fingerprint density at radius 3 is 1.89 bits per heavy atom. The van der Waals surface area contributed by atoms with E-state index < -0.39 is 18.5 Å². The molecule has 4 aromatic rings. The molecule has 4 rings (SSSR count). The molecule has 198 valence electrons. The highest BCUT2D eigenvalue weighted by Crippen LogP contribution is 2.30. The number of pyridine rings is 1. The Morgan fingerprint density at radius 1 is 0.684 bits per heavy atom. The van der Waals surface area contributed by atoms with Gasteiger partial charge in [0.1, 0.15) is 18.1 Å². The van der Waals surface area contributed by atoms with Crippen LogP contribution in [0.25, 0.3) is 11.3 Å². The van der Waals surface area contributed by atoms with E-state index in [1.54, 1.807) is 52.0 Å². The second kappa shape index (κ2) is 13.1. The van der Waals surface area contributed by atoms with Gasteiger partial charge >= 0.3 is 7.32 Å². The van der Waals surface area contributed by atoms with Crippen LogP contribution in [0.15, 0.2) is 103 Å². The van der Waals surface area contributed by atoms with Crippen LogP contribution in [0.5, 0.6) is 17.4 Å². The van der Waals surface area contributed by atoms with E-state index in [1.807, 2.05) is 78.9 Å². The highest BCUT2D eigenvalue weighted by Gasteiger charge is 2.32. The zero-order chi connectivity index (χ0) is 27.6. The number of ether oxygens (including phenoxy) is 1. The van der Waals surface area contributed by atoms with Crippen molar-refractivity contribution < 1.29 is 29.3 Å². The van der Waals surface area contributed by atoms with Crippen molar-refractivity contribution in [3.8, 4) is 28.6 Å². The van der Waals surface area contributed by atoms with Crippen molar-refractivity contribution in [3.05, 3.63) is 109 Å². The number of aliphatic hydroxyl groups is 2. The zero-order valence-corrected chi connectivity index (χ0v) is 22.1. The predicted octanol–water partition coefficient (Wildman–Crippen LogP) is 5.29. The smallest absolute Gasteiger partial charge is 0.501 e. The fourth-order valence-electron chi connectivity index (χ4n) is 2.91. The second-order valence-corrected chi connectivity index (χ2v) is 9.61. The molecule has 0 bridgehead atoms. The van der Waals surface area contributed by atoms with E-state index in [1.165, 1.54) is 0 Å². The van der Waals surface area contributed by atoms with Crippen LogP contribution in [0.3, 0.4) is 0 Å². The van der Waals surface area contributed by atoms with E-state index in [0.29, 0.717) is 23.8 Å². The van der Waals surface area contributed by atoms with Gasteiger partial charge < -0.3 is 29.3 Å². The Bertz CT molecular complexity index is 1240. The molecule has 3 N–H and O–H groups in total. The Hall–Kier alpha value is -3.85. The summed E-state index contributed by atoms with van der Waals surface area (Å²) in [5.74, 6) is 1.46. The van der Waals surface area contributed by atoms with Crippen LogP contribution in [0, 0.1) is 0 Å². The van der Waals surface area contributed by atoms with E-state index >= 15 is 0 Å². The molecular weight excluding hydrogens is 481 g/mol. The van der Waals surface area contributed by atoms with Gasteiger partial charge in [-0.25, -0.2) is 4.98 Å². The summed E-state index contributed by atoms with van der Waals surface area (Å²) in [6, 6.07) is 31.9. The van der Waals surface area contributed by atoms with Gasteiger partial charge in [-0.15, -0.1) is 0 Å². The zero-order valence-electron chi connectivity index (χ0n) is 22.1. The first-order valence-corrected chi connectivity index (χ1v) is 12.3. The fourth-order valence-corrected chi connectivity index (χ4v) is 2.91. The van der Waals surface area contributed by atoms with Gasteiger partial charge in [0, 0.05) is 5.56 Å². The molecule has 1 aromatic heterocycles. The van der Waals surface area contributed by atoms with E-state index in [0.717, 1.165) is 11.1 Å². The van der Waals surface area contributed by atoms with Gasteiger partial charge in [0.15, 0.2) is 5.88 Å². The third kappa shape index (κ3) is 8.92. The molecule has 3 aromatic carbocycles. The molecular formula is C30H34BNO6. The van der Waals surface area contributed by atoms with Crippen molar-refractivity contribution in [3.63, 3.8) is 0 Å². The lowest BCUT2D eigenvalue weighted by molar-refractivity contribution is -0.107. The Labute approximate surface area is 224 Å². The molecule has 0 spiro atoms. The van der Waals surface area contributed by atoms with Crippen molar-refractivity contribution in [2.45, 2.75) is 45.5 Å². The van der Waals surface area contributed by atoms with Crippen molar-refractivity contribution >= 4 is 7.32 Å². The minimum Gasteiger partial charge on any atom is -0.501 e. The molecule has 0 fully saturated rings. The summed E-state index contributed by atoms with van der Waals surface area (Å²) in [6.45, 7) is 6.76. The van der Waals surface area contributed by atoms with Gasteiger partial charge in [0.2, 0.25) is 0 Å². The number of nitrogens with zero attached hydrogens (tertiary/aromatic N) is 1. The minimum absolute atomic E-state index is 0.244. The maximum atomic E-state index is 10.1. The molecule has 0 saturated carbocycles. The molecule has 7 nitrogen and oxygen atoms in total. The van der Waals surface area contributed by atoms with Gasteiger partial charge in [-0.1, -0.05) is 66.7 Å². The molecule has 8 heteroatoms. The van der Waals surface area contributed by atoms with E-state index in [-0.39, 0.29) is 5.88 Å². The Kier molecular flexibility index (Phi) is 9.90. The molecule has 0 radical (unpaired) electrons. The van der Waals surface area contributed by atoms with E-state index in [9.17, 15) is 5.02 Å². The Balaban J connectivity index is 0.000000436. The summed E-state index contributed by atoms with van der Waals surface area (Å²) in [5.41, 5.74) is 0.568. The van der Waals surface area contributed by atoms with Crippen LogP contribution in [-0.4, -0.2) is 38.7 Å². The number of aromatic nitrogens is 1. The van der Waals surface area contributed by atoms with E-state index in [4.69, 9.17) is 24.3 Å². The van der Waals surface area contributed by atoms with Crippen molar-refractivity contribution in [2.75, 3.05) is 0 Å². The molecule has 0 aliphatic rings. The number of benzene rings is 3. The van der Waals surface area contributed by atoms with Gasteiger partial charge in [-0.05, 0) is 69.7 Å². The fraction of sp³-hybridized carbons (Fsp3) is 0.233. The second-order valence-electron chi connectivity index (χ2n) is 9.61. The highest BCUT2D eigenvalue weighted by molar-refractivity contribution is 6.36. The first-order valence-electron chi connectivity index (χ1n) is 12.3. The van der Waals surface area contributed by atoms with Crippen molar-refractivity contribution in [1.29, 1.82) is 0 Å². The standard InChI is InChI=1S/C24H20BNO4.C6H14O2/c27-25(29-20-12-5-2-6-13-20)30-24-17-9-15-22(26-24)21-14-7-8-16-23(21)28-18-19-10-3-1-4-11-19;1-5(2,7)6(3,4)8/h1-17,27H,18H2;7-8H,1-4H3. The largest absolute Gasteiger partial charge is 0.786 e. The van der Waals surface area contributed by atoms with Crippen LogP contribution in [0.4, 0.5) is 0 Å². The predicted molar refractivity (Wildman–Crippen MR) is 149 cm³/mol. The molecule has 38 heavy (non-hydrogen) atoms. The van der Waals surface area contributed by atoms with Crippen LogP contribution in [0.2, 0.25) is 0 Å².